The number of alkyl halides is 3. The van der Waals surface area contributed by atoms with E-state index >= 15 is 0 Å². The van der Waals surface area contributed by atoms with Crippen molar-refractivity contribution in [2.24, 2.45) is 0 Å². The summed E-state index contributed by atoms with van der Waals surface area (Å²) in [6.07, 6.45) is -2.73. The van der Waals surface area contributed by atoms with E-state index in [9.17, 15) is 8.78 Å². The molecule has 0 aliphatic rings. The van der Waals surface area contributed by atoms with E-state index in [1.807, 2.05) is 6.07 Å². The van der Waals surface area contributed by atoms with Gasteiger partial charge in [-0.05, 0) is 24.1 Å². The summed E-state index contributed by atoms with van der Waals surface area (Å²) in [4.78, 5) is 3.78. The Kier molecular flexibility index (Phi) is 3.98. The Morgan fingerprint density at radius 3 is 2.67 bits per heavy atom. The summed E-state index contributed by atoms with van der Waals surface area (Å²) in [7, 11) is 0. The summed E-state index contributed by atoms with van der Waals surface area (Å²) in [5, 5.41) is 8.50. The van der Waals surface area contributed by atoms with Gasteiger partial charge in [0.1, 0.15) is 5.69 Å². The molecule has 0 aliphatic carbocycles. The average molecular weight is 231 g/mol. The van der Waals surface area contributed by atoms with Crippen LogP contribution < -0.4 is 0 Å². The van der Waals surface area contributed by atoms with E-state index in [1.165, 1.54) is 6.07 Å². The van der Waals surface area contributed by atoms with Crippen LogP contribution in [0.4, 0.5) is 8.78 Å². The fourth-order valence-corrected chi connectivity index (χ4v) is 1.53. The molecule has 0 aromatic carbocycles. The van der Waals surface area contributed by atoms with Crippen LogP contribution in [0, 0.1) is 18.3 Å². The van der Waals surface area contributed by atoms with Crippen molar-refractivity contribution in [3.05, 3.63) is 28.6 Å². The van der Waals surface area contributed by atoms with E-state index in [2.05, 4.69) is 4.98 Å². The Balaban J connectivity index is 3.26. The summed E-state index contributed by atoms with van der Waals surface area (Å²) in [5.41, 5.74) is 1.12. The van der Waals surface area contributed by atoms with Crippen molar-refractivity contribution in [3.8, 4) is 6.07 Å². The molecule has 0 saturated heterocycles. The number of aryl methyl sites for hydroxylation is 1. The molecule has 1 aromatic heterocycles. The molecule has 0 amide bonds. The van der Waals surface area contributed by atoms with Crippen LogP contribution in [0.15, 0.2) is 6.07 Å². The second-order valence-electron chi connectivity index (χ2n) is 3.05. The van der Waals surface area contributed by atoms with E-state index in [0.29, 0.717) is 11.3 Å². The van der Waals surface area contributed by atoms with Crippen molar-refractivity contribution in [2.45, 2.75) is 25.7 Å². The Bertz CT molecular complexity index is 399. The van der Waals surface area contributed by atoms with Gasteiger partial charge in [-0.3, -0.25) is 4.98 Å². The van der Waals surface area contributed by atoms with Gasteiger partial charge >= 0.3 is 0 Å². The van der Waals surface area contributed by atoms with Crippen molar-refractivity contribution in [1.29, 1.82) is 5.26 Å². The van der Waals surface area contributed by atoms with E-state index in [4.69, 9.17) is 16.9 Å². The quantitative estimate of drug-likeness (QED) is 0.748. The van der Waals surface area contributed by atoms with Gasteiger partial charge in [-0.15, -0.1) is 11.6 Å². The van der Waals surface area contributed by atoms with Crippen LogP contribution in [0.2, 0.25) is 0 Å². The zero-order valence-corrected chi connectivity index (χ0v) is 8.85. The van der Waals surface area contributed by atoms with Gasteiger partial charge in [0.25, 0.3) is 6.43 Å². The van der Waals surface area contributed by atoms with Crippen LogP contribution in [0.3, 0.4) is 0 Å². The van der Waals surface area contributed by atoms with E-state index in [1.54, 1.807) is 6.92 Å². The maximum Gasteiger partial charge on any atom is 0.280 e. The Morgan fingerprint density at radius 2 is 2.20 bits per heavy atom. The fourth-order valence-electron chi connectivity index (χ4n) is 1.26. The number of rotatable bonds is 3. The lowest BCUT2D eigenvalue weighted by atomic mass is 10.1. The fraction of sp³-hybridized carbons (Fsp3) is 0.400. The third-order valence-electron chi connectivity index (χ3n) is 2.05. The summed E-state index contributed by atoms with van der Waals surface area (Å²) in [6.45, 7) is 1.62. The molecule has 80 valence electrons. The van der Waals surface area contributed by atoms with Crippen LogP contribution in [0.5, 0.6) is 0 Å². The molecular formula is C10H9ClF2N2. The minimum atomic E-state index is -2.66. The minimum absolute atomic E-state index is 0.0726. The Morgan fingerprint density at radius 1 is 1.53 bits per heavy atom. The molecule has 1 aromatic rings. The highest BCUT2D eigenvalue weighted by Crippen LogP contribution is 2.24. The molecule has 0 fully saturated rings. The highest BCUT2D eigenvalue weighted by molar-refractivity contribution is 6.17. The smallest absolute Gasteiger partial charge is 0.252 e. The highest BCUT2D eigenvalue weighted by atomic mass is 35.5. The number of nitriles is 1. The first-order valence-electron chi connectivity index (χ1n) is 4.30. The Labute approximate surface area is 91.5 Å². The monoisotopic (exact) mass is 230 g/mol. The summed E-state index contributed by atoms with van der Waals surface area (Å²) < 4.78 is 25.1. The largest absolute Gasteiger partial charge is 0.280 e. The van der Waals surface area contributed by atoms with Crippen LogP contribution in [-0.2, 0) is 12.3 Å². The lowest BCUT2D eigenvalue weighted by molar-refractivity contribution is 0.145. The maximum absolute atomic E-state index is 12.6. The standard InChI is InChI=1S/C10H9ClF2N2/c1-6-8(5-11)4-7(2-3-14)9(15-6)10(12)13/h4,10H,2,5H2,1H3. The zero-order valence-electron chi connectivity index (χ0n) is 8.10. The van der Waals surface area contributed by atoms with Gasteiger partial charge in [-0.2, -0.15) is 5.26 Å². The van der Waals surface area contributed by atoms with Crippen LogP contribution in [0.1, 0.15) is 28.9 Å². The molecule has 0 aliphatic heterocycles. The van der Waals surface area contributed by atoms with Crippen molar-refractivity contribution in [1.82, 2.24) is 4.98 Å². The molecule has 0 spiro atoms. The zero-order chi connectivity index (χ0) is 11.4. The van der Waals surface area contributed by atoms with Crippen LogP contribution >= 0.6 is 11.6 Å². The van der Waals surface area contributed by atoms with Gasteiger partial charge in [-0.1, -0.05) is 0 Å². The molecule has 1 rings (SSSR count). The van der Waals surface area contributed by atoms with Crippen molar-refractivity contribution >= 4 is 11.6 Å². The topological polar surface area (TPSA) is 36.7 Å². The Hall–Kier alpha value is -1.21. The van der Waals surface area contributed by atoms with Crippen molar-refractivity contribution in [2.75, 3.05) is 0 Å². The van der Waals surface area contributed by atoms with Crippen molar-refractivity contribution in [3.63, 3.8) is 0 Å². The highest BCUT2D eigenvalue weighted by Gasteiger charge is 2.16. The van der Waals surface area contributed by atoms with Gasteiger partial charge in [0.05, 0.1) is 12.5 Å². The predicted octanol–water partition coefficient (Wildman–Crippen LogP) is 3.13. The van der Waals surface area contributed by atoms with Crippen LogP contribution in [-0.4, -0.2) is 4.98 Å². The molecule has 0 N–H and O–H groups in total. The third-order valence-corrected chi connectivity index (χ3v) is 2.34. The molecule has 1 heterocycles. The number of aromatic nitrogens is 1. The molecule has 0 saturated carbocycles. The molecule has 0 bridgehead atoms. The SMILES string of the molecule is Cc1nc(C(F)F)c(CC#N)cc1CCl. The maximum atomic E-state index is 12.6. The number of pyridine rings is 1. The molecule has 0 atom stereocenters. The molecule has 0 radical (unpaired) electrons. The molecular weight excluding hydrogens is 222 g/mol. The lowest BCUT2D eigenvalue weighted by Crippen LogP contribution is -2.03. The first-order chi connectivity index (χ1) is 7.10. The number of nitrogens with zero attached hydrogens (tertiary/aromatic N) is 2. The second-order valence-corrected chi connectivity index (χ2v) is 3.31. The summed E-state index contributed by atoms with van der Waals surface area (Å²) in [5.74, 6) is 0.209. The number of hydrogen-bond acceptors (Lipinski definition) is 2. The molecule has 0 unspecified atom stereocenters. The first-order valence-corrected chi connectivity index (χ1v) is 4.84. The van der Waals surface area contributed by atoms with Gasteiger partial charge in [0.15, 0.2) is 0 Å². The van der Waals surface area contributed by atoms with Gasteiger partial charge in [0, 0.05) is 11.6 Å². The number of hydrogen-bond donors (Lipinski definition) is 0. The second kappa shape index (κ2) is 5.04. The van der Waals surface area contributed by atoms with E-state index in [0.717, 1.165) is 0 Å². The van der Waals surface area contributed by atoms with Gasteiger partial charge in [0.2, 0.25) is 0 Å². The van der Waals surface area contributed by atoms with Gasteiger partial charge in [-0.25, -0.2) is 8.78 Å². The van der Waals surface area contributed by atoms with Crippen LogP contribution in [0.25, 0.3) is 0 Å². The third kappa shape index (κ3) is 2.63. The van der Waals surface area contributed by atoms with Gasteiger partial charge < -0.3 is 0 Å². The molecule has 5 heteroatoms. The molecule has 2 nitrogen and oxygen atoms in total. The van der Waals surface area contributed by atoms with Crippen molar-refractivity contribution < 1.29 is 8.78 Å². The normalized spacial score (nSPS) is 10.4. The lowest BCUT2D eigenvalue weighted by Gasteiger charge is -2.09. The summed E-state index contributed by atoms with van der Waals surface area (Å²) in [6, 6.07) is 3.36. The predicted molar refractivity (Wildman–Crippen MR) is 52.8 cm³/mol. The minimum Gasteiger partial charge on any atom is -0.252 e. The average Bonchev–Trinajstić information content (AvgIpc) is 2.20. The first kappa shape index (κ1) is 11.9. The van der Waals surface area contributed by atoms with E-state index in [-0.39, 0.29) is 23.6 Å². The molecule has 15 heavy (non-hydrogen) atoms. The van der Waals surface area contributed by atoms with E-state index < -0.39 is 6.43 Å². The number of halogens is 3. The summed E-state index contributed by atoms with van der Waals surface area (Å²) >= 11 is 5.63.